The van der Waals surface area contributed by atoms with Crippen LogP contribution in [0.2, 0.25) is 0 Å². The SMILES string of the molecule is Cc1cnn2c(C(C)C)coc12. The lowest BCUT2D eigenvalue weighted by Gasteiger charge is -1.97. The zero-order chi connectivity index (χ0) is 8.72. The summed E-state index contributed by atoms with van der Waals surface area (Å²) in [5.74, 6) is 0.450. The molecule has 0 fully saturated rings. The summed E-state index contributed by atoms with van der Waals surface area (Å²) in [6.45, 7) is 6.25. The van der Waals surface area contributed by atoms with E-state index in [-0.39, 0.29) is 0 Å². The quantitative estimate of drug-likeness (QED) is 0.647. The Hall–Kier alpha value is -1.25. The van der Waals surface area contributed by atoms with Crippen molar-refractivity contribution in [2.24, 2.45) is 0 Å². The zero-order valence-electron chi connectivity index (χ0n) is 7.53. The summed E-state index contributed by atoms with van der Waals surface area (Å²) in [6.07, 6.45) is 3.60. The molecule has 2 rings (SSSR count). The average Bonchev–Trinajstić information content (AvgIpc) is 2.53. The fourth-order valence-electron chi connectivity index (χ4n) is 1.29. The van der Waals surface area contributed by atoms with E-state index in [0.29, 0.717) is 5.92 Å². The number of fused-ring (bicyclic) bond motifs is 1. The minimum Gasteiger partial charge on any atom is -0.444 e. The Morgan fingerprint density at radius 1 is 1.50 bits per heavy atom. The molecule has 2 aromatic rings. The summed E-state index contributed by atoms with van der Waals surface area (Å²) in [6, 6.07) is 0. The van der Waals surface area contributed by atoms with Gasteiger partial charge in [0.25, 0.3) is 0 Å². The molecule has 64 valence electrons. The van der Waals surface area contributed by atoms with Gasteiger partial charge in [0.1, 0.15) is 6.26 Å². The molecule has 0 bridgehead atoms. The van der Waals surface area contributed by atoms with Crippen LogP contribution in [-0.4, -0.2) is 9.61 Å². The molecule has 0 saturated carbocycles. The molecule has 0 radical (unpaired) electrons. The van der Waals surface area contributed by atoms with Crippen molar-refractivity contribution in [1.82, 2.24) is 9.61 Å². The van der Waals surface area contributed by atoms with E-state index in [1.54, 1.807) is 6.26 Å². The van der Waals surface area contributed by atoms with Crippen molar-refractivity contribution >= 4 is 5.71 Å². The first-order valence-electron chi connectivity index (χ1n) is 4.12. The second kappa shape index (κ2) is 2.37. The predicted octanol–water partition coefficient (Wildman–Crippen LogP) is 2.36. The molecule has 0 spiro atoms. The van der Waals surface area contributed by atoms with Gasteiger partial charge in [0, 0.05) is 5.56 Å². The van der Waals surface area contributed by atoms with Gasteiger partial charge in [-0.05, 0) is 12.8 Å². The molecule has 12 heavy (non-hydrogen) atoms. The van der Waals surface area contributed by atoms with Crippen molar-refractivity contribution in [2.45, 2.75) is 26.7 Å². The summed E-state index contributed by atoms with van der Waals surface area (Å²) in [5.41, 5.74) is 3.07. The number of rotatable bonds is 1. The molecule has 0 unspecified atom stereocenters. The Kier molecular flexibility index (Phi) is 1.46. The molecule has 3 heteroatoms. The Bertz CT molecular complexity index is 397. The number of aromatic nitrogens is 2. The van der Waals surface area contributed by atoms with E-state index in [2.05, 4.69) is 18.9 Å². The molecular formula is C9H12N2O. The Morgan fingerprint density at radius 3 is 2.92 bits per heavy atom. The third-order valence-electron chi connectivity index (χ3n) is 2.02. The highest BCUT2D eigenvalue weighted by Crippen LogP contribution is 2.19. The first-order chi connectivity index (χ1) is 5.70. The molecule has 0 saturated heterocycles. The Balaban J connectivity index is 2.71. The first-order valence-corrected chi connectivity index (χ1v) is 4.12. The van der Waals surface area contributed by atoms with Crippen molar-refractivity contribution in [1.29, 1.82) is 0 Å². The van der Waals surface area contributed by atoms with Gasteiger partial charge in [0.05, 0.1) is 11.9 Å². The maximum Gasteiger partial charge on any atom is 0.224 e. The van der Waals surface area contributed by atoms with Crippen LogP contribution in [0.3, 0.4) is 0 Å². The van der Waals surface area contributed by atoms with Crippen LogP contribution in [0.4, 0.5) is 0 Å². The molecule has 0 aromatic carbocycles. The molecule has 0 aliphatic rings. The summed E-state index contributed by atoms with van der Waals surface area (Å²) in [5, 5.41) is 4.22. The average molecular weight is 164 g/mol. The minimum absolute atomic E-state index is 0.450. The van der Waals surface area contributed by atoms with Gasteiger partial charge in [-0.15, -0.1) is 0 Å². The number of hydrogen-bond donors (Lipinski definition) is 0. The maximum atomic E-state index is 5.38. The van der Waals surface area contributed by atoms with Gasteiger partial charge >= 0.3 is 0 Å². The topological polar surface area (TPSA) is 30.4 Å². The van der Waals surface area contributed by atoms with E-state index >= 15 is 0 Å². The third kappa shape index (κ3) is 0.858. The monoisotopic (exact) mass is 164 g/mol. The molecule has 0 aliphatic heterocycles. The van der Waals surface area contributed by atoms with Crippen molar-refractivity contribution in [3.05, 3.63) is 23.7 Å². The van der Waals surface area contributed by atoms with Crippen molar-refractivity contribution < 1.29 is 4.42 Å². The first kappa shape index (κ1) is 7.40. The lowest BCUT2D eigenvalue weighted by molar-refractivity contribution is 0.600. The lowest BCUT2D eigenvalue weighted by atomic mass is 10.2. The van der Waals surface area contributed by atoms with Gasteiger partial charge < -0.3 is 4.42 Å². The molecule has 0 atom stereocenters. The van der Waals surface area contributed by atoms with Gasteiger partial charge in [0.2, 0.25) is 5.71 Å². The van der Waals surface area contributed by atoms with Gasteiger partial charge in [-0.3, -0.25) is 0 Å². The van der Waals surface area contributed by atoms with Crippen LogP contribution in [0.5, 0.6) is 0 Å². The fourth-order valence-corrected chi connectivity index (χ4v) is 1.29. The van der Waals surface area contributed by atoms with E-state index in [1.165, 1.54) is 0 Å². The molecule has 2 heterocycles. The summed E-state index contributed by atoms with van der Waals surface area (Å²) < 4.78 is 7.24. The van der Waals surface area contributed by atoms with E-state index in [1.807, 2.05) is 17.6 Å². The molecule has 3 nitrogen and oxygen atoms in total. The van der Waals surface area contributed by atoms with Crippen LogP contribution in [0.15, 0.2) is 16.9 Å². The number of oxazole rings is 1. The highest BCUT2D eigenvalue weighted by Gasteiger charge is 2.11. The van der Waals surface area contributed by atoms with E-state index < -0.39 is 0 Å². The van der Waals surface area contributed by atoms with Gasteiger partial charge in [-0.25, -0.2) is 4.52 Å². The van der Waals surface area contributed by atoms with Gasteiger partial charge in [0.15, 0.2) is 0 Å². The molecular weight excluding hydrogens is 152 g/mol. The van der Waals surface area contributed by atoms with Gasteiger partial charge in [-0.2, -0.15) is 5.10 Å². The second-order valence-corrected chi connectivity index (χ2v) is 3.36. The summed E-state index contributed by atoms with van der Waals surface area (Å²) in [4.78, 5) is 0. The highest BCUT2D eigenvalue weighted by atomic mass is 16.3. The second-order valence-electron chi connectivity index (χ2n) is 3.36. The smallest absolute Gasteiger partial charge is 0.224 e. The predicted molar refractivity (Wildman–Crippen MR) is 46.3 cm³/mol. The normalized spacial score (nSPS) is 11.7. The standard InChI is InChI=1S/C9H12N2O/c1-6(2)8-5-12-9-7(3)4-10-11(8)9/h4-6H,1-3H3. The molecule has 0 amide bonds. The van der Waals surface area contributed by atoms with Crippen LogP contribution < -0.4 is 0 Å². The van der Waals surface area contributed by atoms with Gasteiger partial charge in [-0.1, -0.05) is 13.8 Å². The lowest BCUT2D eigenvalue weighted by Crippen LogP contribution is -1.94. The zero-order valence-corrected chi connectivity index (χ0v) is 7.53. The van der Waals surface area contributed by atoms with Crippen LogP contribution in [0.25, 0.3) is 5.71 Å². The van der Waals surface area contributed by atoms with Crippen LogP contribution in [-0.2, 0) is 0 Å². The van der Waals surface area contributed by atoms with E-state index in [9.17, 15) is 0 Å². The summed E-state index contributed by atoms with van der Waals surface area (Å²) in [7, 11) is 0. The Morgan fingerprint density at radius 2 is 2.25 bits per heavy atom. The van der Waals surface area contributed by atoms with Crippen LogP contribution in [0, 0.1) is 6.92 Å². The van der Waals surface area contributed by atoms with Crippen molar-refractivity contribution in [3.63, 3.8) is 0 Å². The minimum atomic E-state index is 0.450. The van der Waals surface area contributed by atoms with E-state index in [0.717, 1.165) is 17.0 Å². The molecule has 0 N–H and O–H groups in total. The summed E-state index contributed by atoms with van der Waals surface area (Å²) >= 11 is 0. The number of aryl methyl sites for hydroxylation is 1. The van der Waals surface area contributed by atoms with Crippen molar-refractivity contribution in [2.75, 3.05) is 0 Å². The molecule has 0 aliphatic carbocycles. The highest BCUT2D eigenvalue weighted by molar-refractivity contribution is 5.43. The fraction of sp³-hybridized carbons (Fsp3) is 0.444. The number of nitrogens with zero attached hydrogens (tertiary/aromatic N) is 2. The number of hydrogen-bond acceptors (Lipinski definition) is 2. The third-order valence-corrected chi connectivity index (χ3v) is 2.02. The van der Waals surface area contributed by atoms with E-state index in [4.69, 9.17) is 4.42 Å². The largest absolute Gasteiger partial charge is 0.444 e. The Labute approximate surface area is 71.0 Å². The molecule has 2 aromatic heterocycles. The van der Waals surface area contributed by atoms with Crippen molar-refractivity contribution in [3.8, 4) is 0 Å². The van der Waals surface area contributed by atoms with Crippen LogP contribution >= 0.6 is 0 Å². The van der Waals surface area contributed by atoms with Crippen LogP contribution in [0.1, 0.15) is 31.0 Å². The maximum absolute atomic E-state index is 5.38.